The van der Waals surface area contributed by atoms with Crippen LogP contribution >= 0.6 is 11.8 Å². The van der Waals surface area contributed by atoms with Crippen LogP contribution in [-0.2, 0) is 9.59 Å². The molecule has 10 heteroatoms. The monoisotopic (exact) mass is 494 g/mol. The minimum Gasteiger partial charge on any atom is -0.423 e. The van der Waals surface area contributed by atoms with Crippen LogP contribution in [0.25, 0.3) is 17.2 Å². The van der Waals surface area contributed by atoms with Gasteiger partial charge < -0.3 is 14.6 Å². The van der Waals surface area contributed by atoms with Crippen LogP contribution in [0.3, 0.4) is 0 Å². The molecular weight excluding hydrogens is 471 g/mol. The molecule has 35 heavy (non-hydrogen) atoms. The molecule has 3 heterocycles. The molecule has 5 rings (SSSR count). The fourth-order valence-corrected chi connectivity index (χ4v) is 5.05. The number of hydrogen-bond donors (Lipinski definition) is 1. The molecule has 0 spiro atoms. The highest BCUT2D eigenvalue weighted by Crippen LogP contribution is 2.32. The van der Waals surface area contributed by atoms with Crippen molar-refractivity contribution in [3.63, 3.8) is 0 Å². The molecular formula is C25H23FN4O4S. The minimum absolute atomic E-state index is 0.0623. The van der Waals surface area contributed by atoms with Crippen LogP contribution in [0.4, 0.5) is 15.2 Å². The molecule has 2 aliphatic heterocycles. The number of para-hydroxylation sites is 2. The minimum atomic E-state index is -0.482. The van der Waals surface area contributed by atoms with E-state index in [0.717, 1.165) is 27.8 Å². The van der Waals surface area contributed by atoms with E-state index in [2.05, 4.69) is 10.3 Å². The molecule has 0 saturated carbocycles. The lowest BCUT2D eigenvalue weighted by molar-refractivity contribution is -0.126. The van der Waals surface area contributed by atoms with Crippen molar-refractivity contribution in [1.82, 2.24) is 15.2 Å². The van der Waals surface area contributed by atoms with Crippen molar-refractivity contribution in [3.05, 3.63) is 64.8 Å². The number of fused-ring (bicyclic) bond motifs is 1. The van der Waals surface area contributed by atoms with Gasteiger partial charge in [-0.05, 0) is 48.9 Å². The number of carbonyl (C=O) groups is 3. The van der Waals surface area contributed by atoms with Gasteiger partial charge in [-0.1, -0.05) is 30.3 Å². The van der Waals surface area contributed by atoms with E-state index in [9.17, 15) is 18.8 Å². The SMILES string of the molecule is O=C(NCCN1C(=O)S/C(=C\c2ccccc2F)C1=O)C1CCN(c2nc3ccccc3o2)CC1. The Hall–Kier alpha value is -3.66. The van der Waals surface area contributed by atoms with E-state index in [1.807, 2.05) is 29.2 Å². The molecule has 1 aromatic heterocycles. The van der Waals surface area contributed by atoms with Crippen molar-refractivity contribution in [1.29, 1.82) is 0 Å². The second kappa shape index (κ2) is 9.91. The van der Waals surface area contributed by atoms with Gasteiger partial charge in [-0.2, -0.15) is 4.98 Å². The van der Waals surface area contributed by atoms with E-state index in [1.54, 1.807) is 18.2 Å². The molecule has 2 fully saturated rings. The zero-order chi connectivity index (χ0) is 24.4. The number of oxazole rings is 1. The Bertz CT molecular complexity index is 1280. The molecule has 1 N–H and O–H groups in total. The van der Waals surface area contributed by atoms with Crippen molar-refractivity contribution in [2.75, 3.05) is 31.1 Å². The molecule has 2 saturated heterocycles. The first kappa shape index (κ1) is 23.1. The molecule has 0 atom stereocenters. The van der Waals surface area contributed by atoms with Crippen LogP contribution in [0.2, 0.25) is 0 Å². The molecule has 2 aromatic carbocycles. The number of piperidine rings is 1. The largest absolute Gasteiger partial charge is 0.423 e. The molecule has 0 aliphatic carbocycles. The predicted octanol–water partition coefficient (Wildman–Crippen LogP) is 4.04. The highest BCUT2D eigenvalue weighted by molar-refractivity contribution is 8.18. The second-order valence-electron chi connectivity index (χ2n) is 8.37. The lowest BCUT2D eigenvalue weighted by atomic mass is 9.96. The summed E-state index contributed by atoms with van der Waals surface area (Å²) < 4.78 is 19.7. The summed E-state index contributed by atoms with van der Waals surface area (Å²) in [5.41, 5.74) is 1.78. The van der Waals surface area contributed by atoms with Gasteiger partial charge in [0.15, 0.2) is 5.58 Å². The predicted molar refractivity (Wildman–Crippen MR) is 131 cm³/mol. The Kier molecular flexibility index (Phi) is 6.54. The number of aromatic nitrogens is 1. The zero-order valence-electron chi connectivity index (χ0n) is 18.8. The number of hydrogen-bond acceptors (Lipinski definition) is 7. The van der Waals surface area contributed by atoms with E-state index in [4.69, 9.17) is 4.42 Å². The van der Waals surface area contributed by atoms with Crippen LogP contribution < -0.4 is 10.2 Å². The molecule has 2 aliphatic rings. The summed E-state index contributed by atoms with van der Waals surface area (Å²) >= 11 is 0.771. The quantitative estimate of drug-likeness (QED) is 0.517. The number of rotatable bonds is 6. The summed E-state index contributed by atoms with van der Waals surface area (Å²) in [7, 11) is 0. The molecule has 180 valence electrons. The molecule has 0 bridgehead atoms. The van der Waals surface area contributed by atoms with Gasteiger partial charge in [-0.25, -0.2) is 4.39 Å². The molecule has 3 aromatic rings. The molecule has 8 nitrogen and oxygen atoms in total. The van der Waals surface area contributed by atoms with Crippen molar-refractivity contribution in [2.24, 2.45) is 5.92 Å². The fraction of sp³-hybridized carbons (Fsp3) is 0.280. The number of halogens is 1. The fourth-order valence-electron chi connectivity index (χ4n) is 4.19. The molecule has 3 amide bonds. The first-order valence-corrected chi connectivity index (χ1v) is 12.2. The highest BCUT2D eigenvalue weighted by Gasteiger charge is 2.35. The number of benzene rings is 2. The highest BCUT2D eigenvalue weighted by atomic mass is 32.2. The summed E-state index contributed by atoms with van der Waals surface area (Å²) in [5.74, 6) is -1.21. The van der Waals surface area contributed by atoms with Gasteiger partial charge in [0, 0.05) is 37.7 Å². The Balaban J connectivity index is 1.10. The third kappa shape index (κ3) is 4.93. The number of amides is 3. The third-order valence-corrected chi connectivity index (χ3v) is 7.03. The van der Waals surface area contributed by atoms with Crippen LogP contribution in [0.5, 0.6) is 0 Å². The molecule has 0 radical (unpaired) electrons. The maximum Gasteiger partial charge on any atom is 0.298 e. The molecule has 0 unspecified atom stereocenters. The number of nitrogens with one attached hydrogen (secondary N) is 1. The van der Waals surface area contributed by atoms with E-state index < -0.39 is 17.0 Å². The number of thioether (sulfide) groups is 1. The maximum absolute atomic E-state index is 13.9. The van der Waals surface area contributed by atoms with Crippen LogP contribution in [0.1, 0.15) is 18.4 Å². The number of anilines is 1. The smallest absolute Gasteiger partial charge is 0.298 e. The Morgan fingerprint density at radius 3 is 2.66 bits per heavy atom. The van der Waals surface area contributed by atoms with Gasteiger partial charge >= 0.3 is 0 Å². The van der Waals surface area contributed by atoms with Crippen LogP contribution in [0, 0.1) is 11.7 Å². The van der Waals surface area contributed by atoms with Gasteiger partial charge in [0.25, 0.3) is 17.2 Å². The topological polar surface area (TPSA) is 95.8 Å². The van der Waals surface area contributed by atoms with E-state index in [0.29, 0.717) is 31.9 Å². The van der Waals surface area contributed by atoms with Gasteiger partial charge in [-0.15, -0.1) is 0 Å². The average Bonchev–Trinajstić information content (AvgIpc) is 3.42. The summed E-state index contributed by atoms with van der Waals surface area (Å²) in [6.45, 7) is 1.52. The van der Waals surface area contributed by atoms with E-state index in [-0.39, 0.29) is 35.4 Å². The second-order valence-corrected chi connectivity index (χ2v) is 9.36. The first-order chi connectivity index (χ1) is 17.0. The Morgan fingerprint density at radius 2 is 1.89 bits per heavy atom. The number of imide groups is 1. The van der Waals surface area contributed by atoms with Crippen molar-refractivity contribution in [2.45, 2.75) is 12.8 Å². The van der Waals surface area contributed by atoms with Crippen LogP contribution in [-0.4, -0.2) is 53.1 Å². The lowest BCUT2D eigenvalue weighted by Crippen LogP contribution is -2.43. The van der Waals surface area contributed by atoms with Crippen molar-refractivity contribution in [3.8, 4) is 0 Å². The standard InChI is InChI=1S/C25H23FN4O4S/c26-18-6-2-1-5-17(18)15-21-23(32)30(25(33)35-21)14-11-27-22(31)16-9-12-29(13-10-16)24-28-19-7-3-4-8-20(19)34-24/h1-8,15-16H,9-14H2,(H,27,31)/b21-15-. The maximum atomic E-state index is 13.9. The van der Waals surface area contributed by atoms with Gasteiger partial charge in [0.1, 0.15) is 11.3 Å². The number of carbonyl (C=O) groups excluding carboxylic acids is 3. The van der Waals surface area contributed by atoms with Gasteiger partial charge in [0.05, 0.1) is 4.91 Å². The van der Waals surface area contributed by atoms with Gasteiger partial charge in [-0.3, -0.25) is 19.3 Å². The average molecular weight is 495 g/mol. The number of nitrogens with zero attached hydrogens (tertiary/aromatic N) is 3. The van der Waals surface area contributed by atoms with E-state index >= 15 is 0 Å². The van der Waals surface area contributed by atoms with E-state index in [1.165, 1.54) is 12.1 Å². The first-order valence-electron chi connectivity index (χ1n) is 11.4. The Labute approximate surface area is 205 Å². The van der Waals surface area contributed by atoms with Crippen LogP contribution in [0.15, 0.2) is 57.9 Å². The summed E-state index contributed by atoms with van der Waals surface area (Å²) in [4.78, 5) is 45.3. The third-order valence-electron chi connectivity index (χ3n) is 6.12. The summed E-state index contributed by atoms with van der Waals surface area (Å²) in [6, 6.07) is 14.2. The Morgan fingerprint density at radius 1 is 1.14 bits per heavy atom. The van der Waals surface area contributed by atoms with Gasteiger partial charge in [0.2, 0.25) is 5.91 Å². The lowest BCUT2D eigenvalue weighted by Gasteiger charge is -2.30. The van der Waals surface area contributed by atoms with Crippen molar-refractivity contribution >= 4 is 52.0 Å². The normalized spacial score (nSPS) is 18.1. The summed E-state index contributed by atoms with van der Waals surface area (Å²) in [6.07, 6.45) is 2.68. The van der Waals surface area contributed by atoms with Crippen molar-refractivity contribution < 1.29 is 23.2 Å². The summed E-state index contributed by atoms with van der Waals surface area (Å²) in [5, 5.41) is 2.41. The zero-order valence-corrected chi connectivity index (χ0v) is 19.6.